The summed E-state index contributed by atoms with van der Waals surface area (Å²) in [6.45, 7) is 3.24. The molecule has 0 saturated carbocycles. The predicted octanol–water partition coefficient (Wildman–Crippen LogP) is 4.54. The van der Waals surface area contributed by atoms with Gasteiger partial charge in [0.25, 0.3) is 11.1 Å². The van der Waals surface area contributed by atoms with Gasteiger partial charge in [0, 0.05) is 28.4 Å². The molecular weight excluding hydrogens is 388 g/mol. The van der Waals surface area contributed by atoms with Crippen LogP contribution in [0.1, 0.15) is 24.2 Å². The SMILES string of the molecule is CC(=O)c1cccc(NC(=O)[C@@H](C)Sc2nnc(-c3c[nH]c4ccccc34)o2)c1. The molecule has 0 bridgehead atoms. The summed E-state index contributed by atoms with van der Waals surface area (Å²) in [5.41, 5.74) is 2.91. The van der Waals surface area contributed by atoms with Gasteiger partial charge < -0.3 is 14.7 Å². The first kappa shape index (κ1) is 18.9. The molecule has 2 aromatic carbocycles. The Kier molecular flexibility index (Phi) is 5.18. The normalized spacial score (nSPS) is 12.1. The van der Waals surface area contributed by atoms with Crippen LogP contribution in [0.3, 0.4) is 0 Å². The average Bonchev–Trinajstić information content (AvgIpc) is 3.34. The number of nitrogens with one attached hydrogen (secondary N) is 2. The smallest absolute Gasteiger partial charge is 0.277 e. The number of thioether (sulfide) groups is 1. The van der Waals surface area contributed by atoms with Crippen LogP contribution in [0.4, 0.5) is 5.69 Å². The van der Waals surface area contributed by atoms with Crippen molar-refractivity contribution in [2.45, 2.75) is 24.3 Å². The van der Waals surface area contributed by atoms with E-state index in [1.807, 2.05) is 30.5 Å². The van der Waals surface area contributed by atoms with Crippen LogP contribution < -0.4 is 5.32 Å². The summed E-state index contributed by atoms with van der Waals surface area (Å²) in [6.07, 6.45) is 1.82. The second-order valence-electron chi connectivity index (χ2n) is 6.51. The van der Waals surface area contributed by atoms with Gasteiger partial charge >= 0.3 is 0 Å². The lowest BCUT2D eigenvalue weighted by Crippen LogP contribution is -2.22. The zero-order valence-electron chi connectivity index (χ0n) is 15.8. The van der Waals surface area contributed by atoms with Gasteiger partial charge in [-0.05, 0) is 32.0 Å². The second-order valence-corrected chi connectivity index (χ2v) is 7.80. The standard InChI is InChI=1S/C21H18N4O3S/c1-12(26)14-6-5-7-15(10-14)23-19(27)13(2)29-21-25-24-20(28-21)17-11-22-18-9-4-3-8-16(17)18/h3-11,13,22H,1-2H3,(H,23,27)/t13-/m1/s1. The molecule has 0 aliphatic heterocycles. The Hall–Kier alpha value is -3.39. The lowest BCUT2D eigenvalue weighted by Gasteiger charge is -2.10. The highest BCUT2D eigenvalue weighted by molar-refractivity contribution is 8.00. The number of amides is 1. The van der Waals surface area contributed by atoms with E-state index in [0.717, 1.165) is 16.5 Å². The number of aromatic nitrogens is 3. The molecule has 4 aromatic rings. The molecule has 2 N–H and O–H groups in total. The third-order valence-electron chi connectivity index (χ3n) is 4.41. The highest BCUT2D eigenvalue weighted by Gasteiger charge is 2.20. The molecule has 0 saturated heterocycles. The van der Waals surface area contributed by atoms with Crippen LogP contribution in [0.25, 0.3) is 22.4 Å². The van der Waals surface area contributed by atoms with Crippen LogP contribution >= 0.6 is 11.8 Å². The number of carbonyl (C=O) groups excluding carboxylic acids is 2. The molecular formula is C21H18N4O3S. The maximum Gasteiger partial charge on any atom is 0.277 e. The number of carbonyl (C=O) groups is 2. The number of aromatic amines is 1. The van der Waals surface area contributed by atoms with Gasteiger partial charge in [-0.1, -0.05) is 42.1 Å². The minimum atomic E-state index is -0.466. The van der Waals surface area contributed by atoms with Gasteiger partial charge in [-0.15, -0.1) is 10.2 Å². The van der Waals surface area contributed by atoms with Crippen LogP contribution in [0.5, 0.6) is 0 Å². The van der Waals surface area contributed by atoms with E-state index in [9.17, 15) is 9.59 Å². The number of anilines is 1. The third-order valence-corrected chi connectivity index (χ3v) is 5.34. The van der Waals surface area contributed by atoms with Crippen molar-refractivity contribution in [3.05, 3.63) is 60.3 Å². The fourth-order valence-corrected chi connectivity index (χ4v) is 3.56. The zero-order valence-corrected chi connectivity index (χ0v) is 16.6. The number of H-pyrrole nitrogens is 1. The van der Waals surface area contributed by atoms with Gasteiger partial charge in [0.2, 0.25) is 5.91 Å². The Morgan fingerprint density at radius 2 is 1.97 bits per heavy atom. The molecule has 8 heteroatoms. The summed E-state index contributed by atoms with van der Waals surface area (Å²) in [7, 11) is 0. The van der Waals surface area contributed by atoms with E-state index < -0.39 is 5.25 Å². The van der Waals surface area contributed by atoms with Crippen molar-refractivity contribution >= 4 is 40.0 Å². The van der Waals surface area contributed by atoms with Crippen molar-refractivity contribution in [2.75, 3.05) is 5.32 Å². The quantitative estimate of drug-likeness (QED) is 0.360. The first-order chi connectivity index (χ1) is 14.0. The first-order valence-electron chi connectivity index (χ1n) is 9.00. The molecule has 1 atom stereocenters. The number of rotatable bonds is 6. The Morgan fingerprint density at radius 1 is 1.14 bits per heavy atom. The lowest BCUT2D eigenvalue weighted by molar-refractivity contribution is -0.115. The van der Waals surface area contributed by atoms with Gasteiger partial charge in [0.15, 0.2) is 5.78 Å². The summed E-state index contributed by atoms with van der Waals surface area (Å²) in [5, 5.41) is 11.8. The molecule has 0 aliphatic rings. The molecule has 0 radical (unpaired) electrons. The number of benzene rings is 2. The molecule has 4 rings (SSSR count). The van der Waals surface area contributed by atoms with Crippen molar-refractivity contribution in [1.29, 1.82) is 0 Å². The fourth-order valence-electron chi connectivity index (χ4n) is 2.88. The number of hydrogen-bond donors (Lipinski definition) is 2. The van der Waals surface area contributed by atoms with Crippen molar-refractivity contribution in [3.63, 3.8) is 0 Å². The highest BCUT2D eigenvalue weighted by atomic mass is 32.2. The minimum absolute atomic E-state index is 0.0563. The van der Waals surface area contributed by atoms with E-state index in [1.54, 1.807) is 31.2 Å². The van der Waals surface area contributed by atoms with Crippen molar-refractivity contribution in [1.82, 2.24) is 15.2 Å². The van der Waals surface area contributed by atoms with Crippen molar-refractivity contribution < 1.29 is 14.0 Å². The van der Waals surface area contributed by atoms with E-state index in [2.05, 4.69) is 20.5 Å². The van der Waals surface area contributed by atoms with E-state index >= 15 is 0 Å². The molecule has 2 aromatic heterocycles. The third kappa shape index (κ3) is 4.07. The Bertz CT molecular complexity index is 1200. The molecule has 0 aliphatic carbocycles. The van der Waals surface area contributed by atoms with Crippen LogP contribution in [-0.2, 0) is 4.79 Å². The van der Waals surface area contributed by atoms with Gasteiger partial charge in [0.05, 0.1) is 10.8 Å². The van der Waals surface area contributed by atoms with Crippen LogP contribution in [0.2, 0.25) is 0 Å². The van der Waals surface area contributed by atoms with Gasteiger partial charge in [-0.3, -0.25) is 9.59 Å². The van der Waals surface area contributed by atoms with Gasteiger partial charge in [-0.2, -0.15) is 0 Å². The molecule has 0 spiro atoms. The predicted molar refractivity (Wildman–Crippen MR) is 112 cm³/mol. The summed E-state index contributed by atoms with van der Waals surface area (Å²) in [5.74, 6) is 0.119. The van der Waals surface area contributed by atoms with Crippen LogP contribution in [0, 0.1) is 0 Å². The number of Topliss-reactive ketones (excluding diaryl/α,β-unsaturated/α-hetero) is 1. The number of hydrogen-bond acceptors (Lipinski definition) is 6. The summed E-state index contributed by atoms with van der Waals surface area (Å²) in [4.78, 5) is 27.2. The van der Waals surface area contributed by atoms with E-state index in [1.165, 1.54) is 18.7 Å². The van der Waals surface area contributed by atoms with Gasteiger partial charge in [-0.25, -0.2) is 0 Å². The van der Waals surface area contributed by atoms with E-state index in [4.69, 9.17) is 4.42 Å². The summed E-state index contributed by atoms with van der Waals surface area (Å²) >= 11 is 1.18. The number of para-hydroxylation sites is 1. The summed E-state index contributed by atoms with van der Waals surface area (Å²) in [6, 6.07) is 14.7. The minimum Gasteiger partial charge on any atom is -0.411 e. The summed E-state index contributed by atoms with van der Waals surface area (Å²) < 4.78 is 5.75. The monoisotopic (exact) mass is 406 g/mol. The van der Waals surface area contributed by atoms with Gasteiger partial charge in [0.1, 0.15) is 0 Å². The highest BCUT2D eigenvalue weighted by Crippen LogP contribution is 2.31. The van der Waals surface area contributed by atoms with E-state index in [-0.39, 0.29) is 11.7 Å². The largest absolute Gasteiger partial charge is 0.411 e. The topological polar surface area (TPSA) is 101 Å². The number of fused-ring (bicyclic) bond motifs is 1. The molecule has 7 nitrogen and oxygen atoms in total. The lowest BCUT2D eigenvalue weighted by atomic mass is 10.1. The first-order valence-corrected chi connectivity index (χ1v) is 9.88. The molecule has 146 valence electrons. The second kappa shape index (κ2) is 7.92. The number of ketones is 1. The van der Waals surface area contributed by atoms with Crippen molar-refractivity contribution in [3.8, 4) is 11.5 Å². The molecule has 1 amide bonds. The maximum atomic E-state index is 12.5. The Balaban J connectivity index is 1.45. The molecule has 0 fully saturated rings. The zero-order chi connectivity index (χ0) is 20.4. The van der Waals surface area contributed by atoms with Crippen LogP contribution in [0.15, 0.2) is 64.4 Å². The Morgan fingerprint density at radius 3 is 2.79 bits per heavy atom. The Labute approximate surface area is 170 Å². The number of nitrogens with zero attached hydrogens (tertiary/aromatic N) is 2. The molecule has 0 unspecified atom stereocenters. The van der Waals surface area contributed by atoms with Crippen LogP contribution in [-0.4, -0.2) is 32.1 Å². The van der Waals surface area contributed by atoms with Crippen molar-refractivity contribution in [2.24, 2.45) is 0 Å². The molecule has 2 heterocycles. The van der Waals surface area contributed by atoms with E-state index in [0.29, 0.717) is 22.4 Å². The average molecular weight is 406 g/mol. The molecule has 29 heavy (non-hydrogen) atoms. The maximum absolute atomic E-state index is 12.5. The fraction of sp³-hybridized carbons (Fsp3) is 0.143.